The third kappa shape index (κ3) is 4.42. The predicted octanol–water partition coefficient (Wildman–Crippen LogP) is 2.35. The SMILES string of the molecule is CCOC(=O)c1cc(-c2cccc([N+](=O)[O-])c2)[nH]c1NC(=O)COC. The van der Waals surface area contributed by atoms with E-state index >= 15 is 0 Å². The van der Waals surface area contributed by atoms with Crippen LogP contribution >= 0.6 is 0 Å². The molecule has 1 aromatic heterocycles. The Labute approximate surface area is 143 Å². The van der Waals surface area contributed by atoms with Crippen LogP contribution in [0.1, 0.15) is 17.3 Å². The smallest absolute Gasteiger partial charge is 0.341 e. The fourth-order valence-electron chi connectivity index (χ4n) is 2.17. The maximum absolute atomic E-state index is 12.1. The van der Waals surface area contributed by atoms with Crippen molar-refractivity contribution >= 4 is 23.4 Å². The molecule has 0 spiro atoms. The third-order valence-corrected chi connectivity index (χ3v) is 3.22. The highest BCUT2D eigenvalue weighted by Crippen LogP contribution is 2.28. The molecule has 9 nitrogen and oxygen atoms in total. The van der Waals surface area contributed by atoms with E-state index in [9.17, 15) is 19.7 Å². The van der Waals surface area contributed by atoms with Gasteiger partial charge in [-0.3, -0.25) is 14.9 Å². The number of ether oxygens (including phenoxy) is 2. The first-order valence-corrected chi connectivity index (χ1v) is 7.40. The largest absolute Gasteiger partial charge is 0.462 e. The highest BCUT2D eigenvalue weighted by molar-refractivity contribution is 6.02. The van der Waals surface area contributed by atoms with Crippen molar-refractivity contribution < 1.29 is 24.0 Å². The molecule has 2 rings (SSSR count). The first kappa shape index (κ1) is 18.1. The maximum atomic E-state index is 12.1. The molecule has 0 atom stereocenters. The summed E-state index contributed by atoms with van der Waals surface area (Å²) in [6.45, 7) is 1.64. The molecule has 0 fully saturated rings. The zero-order valence-electron chi connectivity index (χ0n) is 13.7. The summed E-state index contributed by atoms with van der Waals surface area (Å²) in [4.78, 5) is 37.1. The lowest BCUT2D eigenvalue weighted by molar-refractivity contribution is -0.384. The molecule has 0 unspecified atom stereocenters. The number of nitrogens with zero attached hydrogens (tertiary/aromatic N) is 1. The second kappa shape index (κ2) is 8.06. The third-order valence-electron chi connectivity index (χ3n) is 3.22. The van der Waals surface area contributed by atoms with Crippen LogP contribution in [0.5, 0.6) is 0 Å². The quantitative estimate of drug-likeness (QED) is 0.450. The Hall–Kier alpha value is -3.20. The van der Waals surface area contributed by atoms with Crippen LogP contribution in [0, 0.1) is 10.1 Å². The summed E-state index contributed by atoms with van der Waals surface area (Å²) in [7, 11) is 1.37. The average Bonchev–Trinajstić information content (AvgIpc) is 2.99. The molecule has 0 saturated carbocycles. The van der Waals surface area contributed by atoms with Gasteiger partial charge < -0.3 is 19.8 Å². The zero-order valence-corrected chi connectivity index (χ0v) is 13.7. The van der Waals surface area contributed by atoms with E-state index in [0.29, 0.717) is 11.3 Å². The van der Waals surface area contributed by atoms with E-state index in [1.54, 1.807) is 13.0 Å². The van der Waals surface area contributed by atoms with E-state index in [0.717, 1.165) is 0 Å². The van der Waals surface area contributed by atoms with Gasteiger partial charge in [-0.1, -0.05) is 12.1 Å². The molecule has 9 heteroatoms. The summed E-state index contributed by atoms with van der Waals surface area (Å²) < 4.78 is 9.71. The fraction of sp³-hybridized carbons (Fsp3) is 0.250. The molecule has 0 bridgehead atoms. The molecule has 1 aromatic carbocycles. The highest BCUT2D eigenvalue weighted by Gasteiger charge is 2.20. The Morgan fingerprint density at radius 3 is 2.72 bits per heavy atom. The number of amides is 1. The summed E-state index contributed by atoms with van der Waals surface area (Å²) in [5.74, 6) is -0.939. The Bertz CT molecular complexity index is 799. The van der Waals surface area contributed by atoms with Gasteiger partial charge in [0.1, 0.15) is 18.0 Å². The Kier molecular flexibility index (Phi) is 5.85. The number of hydrogen-bond acceptors (Lipinski definition) is 6. The minimum absolute atomic E-state index is 0.0882. The van der Waals surface area contributed by atoms with Gasteiger partial charge in [0.05, 0.1) is 11.5 Å². The number of nitro groups is 1. The second-order valence-electron chi connectivity index (χ2n) is 4.98. The maximum Gasteiger partial charge on any atom is 0.341 e. The number of nitro benzene ring substituents is 1. The van der Waals surface area contributed by atoms with Crippen molar-refractivity contribution in [2.24, 2.45) is 0 Å². The number of benzene rings is 1. The topological polar surface area (TPSA) is 124 Å². The molecule has 0 aliphatic carbocycles. The number of carbonyl (C=O) groups excluding carboxylic acids is 2. The summed E-state index contributed by atoms with van der Waals surface area (Å²) >= 11 is 0. The number of methoxy groups -OCH3 is 1. The highest BCUT2D eigenvalue weighted by atomic mass is 16.6. The van der Waals surface area contributed by atoms with E-state index in [1.165, 1.54) is 31.4 Å². The lowest BCUT2D eigenvalue weighted by atomic mass is 10.1. The van der Waals surface area contributed by atoms with E-state index in [-0.39, 0.29) is 30.3 Å². The van der Waals surface area contributed by atoms with Gasteiger partial charge in [-0.2, -0.15) is 0 Å². The number of aromatic amines is 1. The predicted molar refractivity (Wildman–Crippen MR) is 89.3 cm³/mol. The van der Waals surface area contributed by atoms with Crippen LogP contribution in [0.15, 0.2) is 30.3 Å². The number of hydrogen-bond donors (Lipinski definition) is 2. The van der Waals surface area contributed by atoms with Gasteiger partial charge in [0.25, 0.3) is 11.6 Å². The lowest BCUT2D eigenvalue weighted by Crippen LogP contribution is -2.19. The van der Waals surface area contributed by atoms with Crippen molar-refractivity contribution in [3.63, 3.8) is 0 Å². The summed E-state index contributed by atoms with van der Waals surface area (Å²) in [5.41, 5.74) is 0.953. The zero-order chi connectivity index (χ0) is 18.4. The molecular weight excluding hydrogens is 330 g/mol. The van der Waals surface area contributed by atoms with Gasteiger partial charge in [-0.15, -0.1) is 0 Å². The van der Waals surface area contributed by atoms with Crippen LogP contribution in [0.3, 0.4) is 0 Å². The minimum atomic E-state index is -0.622. The number of rotatable bonds is 7. The van der Waals surface area contributed by atoms with Gasteiger partial charge in [-0.25, -0.2) is 4.79 Å². The number of carbonyl (C=O) groups is 2. The van der Waals surface area contributed by atoms with Crippen LogP contribution < -0.4 is 5.32 Å². The van der Waals surface area contributed by atoms with Crippen molar-refractivity contribution in [3.8, 4) is 11.3 Å². The van der Waals surface area contributed by atoms with E-state index < -0.39 is 16.8 Å². The second-order valence-corrected chi connectivity index (χ2v) is 4.98. The van der Waals surface area contributed by atoms with Crippen LogP contribution in [0.25, 0.3) is 11.3 Å². The van der Waals surface area contributed by atoms with Crippen molar-refractivity contribution in [2.45, 2.75) is 6.92 Å². The summed E-state index contributed by atoms with van der Waals surface area (Å²) in [6.07, 6.45) is 0. The van der Waals surface area contributed by atoms with Gasteiger partial charge in [0.2, 0.25) is 0 Å². The number of esters is 1. The molecule has 0 aliphatic heterocycles. The molecule has 0 saturated heterocycles. The summed E-state index contributed by atoms with van der Waals surface area (Å²) in [5, 5.41) is 13.4. The molecule has 0 radical (unpaired) electrons. The molecule has 25 heavy (non-hydrogen) atoms. The number of non-ortho nitro benzene ring substituents is 1. The molecule has 132 valence electrons. The monoisotopic (exact) mass is 347 g/mol. The van der Waals surface area contributed by atoms with Gasteiger partial charge in [0, 0.05) is 30.5 Å². The van der Waals surface area contributed by atoms with Gasteiger partial charge in [0.15, 0.2) is 0 Å². The van der Waals surface area contributed by atoms with Crippen molar-refractivity contribution in [2.75, 3.05) is 25.6 Å². The molecule has 2 N–H and O–H groups in total. The molecule has 0 aliphatic rings. The fourth-order valence-corrected chi connectivity index (χ4v) is 2.17. The van der Waals surface area contributed by atoms with Crippen molar-refractivity contribution in [1.29, 1.82) is 0 Å². The first-order valence-electron chi connectivity index (χ1n) is 7.40. The van der Waals surface area contributed by atoms with Crippen molar-refractivity contribution in [1.82, 2.24) is 4.98 Å². The van der Waals surface area contributed by atoms with Crippen molar-refractivity contribution in [3.05, 3.63) is 46.0 Å². The lowest BCUT2D eigenvalue weighted by Gasteiger charge is -2.05. The van der Waals surface area contributed by atoms with Crippen LogP contribution in [0.2, 0.25) is 0 Å². The van der Waals surface area contributed by atoms with Crippen LogP contribution in [-0.2, 0) is 14.3 Å². The Balaban J connectivity index is 2.42. The molecule has 1 amide bonds. The standard InChI is InChI=1S/C16H17N3O6/c1-3-25-16(21)12-8-13(17-15(12)18-14(20)9-24-2)10-5-4-6-11(7-10)19(22)23/h4-8,17H,3,9H2,1-2H3,(H,18,20). The number of nitrogens with one attached hydrogen (secondary N) is 2. The molecule has 1 heterocycles. The molecule has 2 aromatic rings. The van der Waals surface area contributed by atoms with Gasteiger partial charge >= 0.3 is 5.97 Å². The number of H-pyrrole nitrogens is 1. The first-order chi connectivity index (χ1) is 12.0. The Morgan fingerprint density at radius 1 is 1.32 bits per heavy atom. The van der Waals surface area contributed by atoms with Gasteiger partial charge in [-0.05, 0) is 13.0 Å². The number of aromatic nitrogens is 1. The molecular formula is C16H17N3O6. The average molecular weight is 347 g/mol. The van der Waals surface area contributed by atoms with E-state index in [4.69, 9.17) is 9.47 Å². The number of anilines is 1. The Morgan fingerprint density at radius 2 is 2.08 bits per heavy atom. The summed E-state index contributed by atoms with van der Waals surface area (Å²) in [6, 6.07) is 7.37. The minimum Gasteiger partial charge on any atom is -0.462 e. The van der Waals surface area contributed by atoms with Crippen LogP contribution in [-0.4, -0.2) is 42.1 Å². The van der Waals surface area contributed by atoms with E-state index in [1.807, 2.05) is 0 Å². The van der Waals surface area contributed by atoms with E-state index in [2.05, 4.69) is 10.3 Å². The normalized spacial score (nSPS) is 10.3. The van der Waals surface area contributed by atoms with Crippen LogP contribution in [0.4, 0.5) is 11.5 Å².